The first kappa shape index (κ1) is 11.9. The van der Waals surface area contributed by atoms with Crippen molar-refractivity contribution in [2.45, 2.75) is 32.9 Å². The molecule has 0 unspecified atom stereocenters. The zero-order valence-corrected chi connectivity index (χ0v) is 10.2. The summed E-state index contributed by atoms with van der Waals surface area (Å²) < 4.78 is 1.62. The zero-order valence-electron chi connectivity index (χ0n) is 10.2. The number of nitrogens with zero attached hydrogens (tertiary/aromatic N) is 3. The minimum atomic E-state index is -0.417. The van der Waals surface area contributed by atoms with Gasteiger partial charge >= 0.3 is 0 Å². The highest BCUT2D eigenvalue weighted by Crippen LogP contribution is 2.20. The first-order valence-electron chi connectivity index (χ1n) is 5.84. The van der Waals surface area contributed by atoms with Crippen LogP contribution in [0.1, 0.15) is 29.5 Å². The molecule has 0 aromatic carbocycles. The van der Waals surface area contributed by atoms with Crippen molar-refractivity contribution in [2.75, 3.05) is 18.8 Å². The third kappa shape index (κ3) is 2.00. The number of amides is 1. The number of likely N-dealkylation sites (tertiary alicyclic amines) is 1. The largest absolute Gasteiger partial charge is 0.395 e. The molecule has 0 radical (unpaired) electrons. The third-order valence-corrected chi connectivity index (χ3v) is 3.13. The van der Waals surface area contributed by atoms with Crippen LogP contribution < -0.4 is 5.73 Å². The second-order valence-electron chi connectivity index (χ2n) is 4.36. The molecule has 0 aliphatic carbocycles. The van der Waals surface area contributed by atoms with E-state index in [9.17, 15) is 9.90 Å². The Morgan fingerprint density at radius 1 is 1.65 bits per heavy atom. The van der Waals surface area contributed by atoms with Crippen LogP contribution in [0.15, 0.2) is 0 Å². The number of hydrogen-bond acceptors (Lipinski definition) is 4. The number of carbonyl (C=O) groups excluding carboxylic acids is 1. The van der Waals surface area contributed by atoms with Gasteiger partial charge in [-0.2, -0.15) is 5.10 Å². The molecule has 3 N–H and O–H groups in total. The molecular formula is C11H18N4O2. The van der Waals surface area contributed by atoms with Gasteiger partial charge in [-0.1, -0.05) is 0 Å². The summed E-state index contributed by atoms with van der Waals surface area (Å²) >= 11 is 0. The summed E-state index contributed by atoms with van der Waals surface area (Å²) in [5.74, 6) is -0.137. The van der Waals surface area contributed by atoms with Crippen LogP contribution in [0.2, 0.25) is 0 Å². The Bertz CT molecular complexity index is 441. The van der Waals surface area contributed by atoms with Gasteiger partial charge in [-0.15, -0.1) is 0 Å². The standard InChI is InChI=1S/C11H18N4O2/c1-3-15-10(9(12)7(2)13-15)11(17)14-5-4-8(16)6-14/h8,16H,3-6,12H2,1-2H3/t8-/m0/s1. The fraction of sp³-hybridized carbons (Fsp3) is 0.636. The number of carbonyl (C=O) groups is 1. The summed E-state index contributed by atoms with van der Waals surface area (Å²) in [6, 6.07) is 0. The fourth-order valence-corrected chi connectivity index (χ4v) is 2.13. The summed E-state index contributed by atoms with van der Waals surface area (Å²) in [5.41, 5.74) is 7.45. The molecule has 1 atom stereocenters. The smallest absolute Gasteiger partial charge is 0.274 e. The lowest BCUT2D eigenvalue weighted by Crippen LogP contribution is -2.32. The van der Waals surface area contributed by atoms with Crippen molar-refractivity contribution >= 4 is 11.6 Å². The van der Waals surface area contributed by atoms with E-state index < -0.39 is 6.10 Å². The van der Waals surface area contributed by atoms with Gasteiger partial charge in [0.05, 0.1) is 17.5 Å². The first-order valence-corrected chi connectivity index (χ1v) is 5.84. The number of aliphatic hydroxyl groups is 1. The number of hydrogen-bond donors (Lipinski definition) is 2. The molecule has 0 bridgehead atoms. The molecule has 1 amide bonds. The maximum absolute atomic E-state index is 12.3. The average molecular weight is 238 g/mol. The summed E-state index contributed by atoms with van der Waals surface area (Å²) in [4.78, 5) is 13.9. The van der Waals surface area contributed by atoms with E-state index in [1.165, 1.54) is 0 Å². The van der Waals surface area contributed by atoms with E-state index in [2.05, 4.69) is 5.10 Å². The molecule has 1 aliphatic rings. The van der Waals surface area contributed by atoms with Gasteiger partial charge in [0.15, 0.2) is 0 Å². The van der Waals surface area contributed by atoms with Gasteiger partial charge in [-0.3, -0.25) is 9.48 Å². The highest BCUT2D eigenvalue weighted by atomic mass is 16.3. The van der Waals surface area contributed by atoms with Gasteiger partial charge in [0.1, 0.15) is 5.69 Å². The molecule has 6 heteroatoms. The van der Waals surface area contributed by atoms with Crippen molar-refractivity contribution < 1.29 is 9.90 Å². The zero-order chi connectivity index (χ0) is 12.6. The predicted molar refractivity (Wildman–Crippen MR) is 63.6 cm³/mol. The van der Waals surface area contributed by atoms with Gasteiger partial charge in [-0.05, 0) is 20.3 Å². The number of aromatic nitrogens is 2. The van der Waals surface area contributed by atoms with E-state index in [1.54, 1.807) is 16.5 Å². The van der Waals surface area contributed by atoms with Crippen molar-refractivity contribution in [3.05, 3.63) is 11.4 Å². The molecule has 0 spiro atoms. The first-order chi connectivity index (χ1) is 8.04. The number of aryl methyl sites for hydroxylation is 2. The van der Waals surface area contributed by atoms with Gasteiger partial charge in [-0.25, -0.2) is 0 Å². The van der Waals surface area contributed by atoms with Crippen LogP contribution in [0.3, 0.4) is 0 Å². The monoisotopic (exact) mass is 238 g/mol. The summed E-state index contributed by atoms with van der Waals surface area (Å²) in [5, 5.41) is 13.7. The number of nitrogens with two attached hydrogens (primary N) is 1. The van der Waals surface area contributed by atoms with E-state index in [-0.39, 0.29) is 5.91 Å². The van der Waals surface area contributed by atoms with Crippen molar-refractivity contribution in [1.29, 1.82) is 0 Å². The molecule has 2 heterocycles. The van der Waals surface area contributed by atoms with Crippen LogP contribution in [0.25, 0.3) is 0 Å². The Morgan fingerprint density at radius 3 is 2.88 bits per heavy atom. The SMILES string of the molecule is CCn1nc(C)c(N)c1C(=O)N1CC[C@H](O)C1. The molecular weight excluding hydrogens is 220 g/mol. The summed E-state index contributed by atoms with van der Waals surface area (Å²) in [6.07, 6.45) is 0.213. The molecule has 0 saturated carbocycles. The van der Waals surface area contributed by atoms with Gasteiger partial charge < -0.3 is 15.7 Å². The Labute approximate surface area is 100 Å². The van der Waals surface area contributed by atoms with E-state index in [1.807, 2.05) is 6.92 Å². The predicted octanol–water partition coefficient (Wildman–Crippen LogP) is 0.000420. The number of nitrogen functional groups attached to an aromatic ring is 1. The molecule has 1 saturated heterocycles. The second-order valence-corrected chi connectivity index (χ2v) is 4.36. The van der Waals surface area contributed by atoms with Crippen molar-refractivity contribution in [1.82, 2.24) is 14.7 Å². The van der Waals surface area contributed by atoms with Crippen molar-refractivity contribution in [3.8, 4) is 0 Å². The fourth-order valence-electron chi connectivity index (χ4n) is 2.13. The summed E-state index contributed by atoms with van der Waals surface area (Å²) in [6.45, 7) is 5.27. The highest BCUT2D eigenvalue weighted by Gasteiger charge is 2.29. The maximum Gasteiger partial charge on any atom is 0.274 e. The molecule has 94 valence electrons. The van der Waals surface area contributed by atoms with Crippen molar-refractivity contribution in [2.24, 2.45) is 0 Å². The van der Waals surface area contributed by atoms with E-state index >= 15 is 0 Å². The number of rotatable bonds is 2. The molecule has 17 heavy (non-hydrogen) atoms. The Morgan fingerprint density at radius 2 is 2.35 bits per heavy atom. The molecule has 6 nitrogen and oxygen atoms in total. The quantitative estimate of drug-likeness (QED) is 0.759. The van der Waals surface area contributed by atoms with Crippen LogP contribution in [-0.2, 0) is 6.54 Å². The van der Waals surface area contributed by atoms with Gasteiger partial charge in [0.2, 0.25) is 0 Å². The lowest BCUT2D eigenvalue weighted by atomic mass is 10.2. The maximum atomic E-state index is 12.3. The number of aliphatic hydroxyl groups excluding tert-OH is 1. The van der Waals surface area contributed by atoms with Crippen LogP contribution >= 0.6 is 0 Å². The summed E-state index contributed by atoms with van der Waals surface area (Å²) in [7, 11) is 0. The lowest BCUT2D eigenvalue weighted by Gasteiger charge is -2.16. The van der Waals surface area contributed by atoms with Crippen LogP contribution in [0, 0.1) is 6.92 Å². The lowest BCUT2D eigenvalue weighted by molar-refractivity contribution is 0.0754. The van der Waals surface area contributed by atoms with Gasteiger partial charge in [0, 0.05) is 19.6 Å². The minimum absolute atomic E-state index is 0.137. The number of anilines is 1. The molecule has 2 rings (SSSR count). The topological polar surface area (TPSA) is 84.4 Å². The van der Waals surface area contributed by atoms with Crippen LogP contribution in [0.4, 0.5) is 5.69 Å². The Hall–Kier alpha value is -1.56. The number of β-amino-alcohol motifs (C(OH)–C–C–N with tert-alkyl or cyclic N) is 1. The third-order valence-electron chi connectivity index (χ3n) is 3.13. The van der Waals surface area contributed by atoms with Crippen LogP contribution in [0.5, 0.6) is 0 Å². The van der Waals surface area contributed by atoms with E-state index in [0.29, 0.717) is 43.1 Å². The van der Waals surface area contributed by atoms with Crippen LogP contribution in [-0.4, -0.2) is 44.9 Å². The highest BCUT2D eigenvalue weighted by molar-refractivity contribution is 5.98. The van der Waals surface area contributed by atoms with E-state index in [4.69, 9.17) is 5.73 Å². The normalized spacial score (nSPS) is 19.9. The molecule has 1 aliphatic heterocycles. The Balaban J connectivity index is 2.30. The molecule has 1 aromatic heterocycles. The second kappa shape index (κ2) is 4.37. The van der Waals surface area contributed by atoms with E-state index in [0.717, 1.165) is 0 Å². The minimum Gasteiger partial charge on any atom is -0.395 e. The van der Waals surface area contributed by atoms with Gasteiger partial charge in [0.25, 0.3) is 5.91 Å². The molecule has 1 fully saturated rings. The van der Waals surface area contributed by atoms with Crippen molar-refractivity contribution in [3.63, 3.8) is 0 Å². The molecule has 1 aromatic rings. The average Bonchev–Trinajstić information content (AvgIpc) is 2.84. The Kier molecular flexibility index (Phi) is 3.06.